The monoisotopic (exact) mass is 321 g/mol. The van der Waals surface area contributed by atoms with Crippen molar-refractivity contribution in [2.45, 2.75) is 37.1 Å². The summed E-state index contributed by atoms with van der Waals surface area (Å²) >= 11 is 3.55. The Morgan fingerprint density at radius 1 is 1.33 bits per heavy atom. The lowest BCUT2D eigenvalue weighted by molar-refractivity contribution is 0.524. The smallest absolute Gasteiger partial charge is 0.131 e. The van der Waals surface area contributed by atoms with Gasteiger partial charge in [-0.1, -0.05) is 12.1 Å². The zero-order valence-corrected chi connectivity index (χ0v) is 13.8. The third-order valence-corrected chi connectivity index (χ3v) is 6.13. The van der Waals surface area contributed by atoms with Crippen LogP contribution in [0.5, 0.6) is 0 Å². The number of thioether (sulfide) groups is 1. The first kappa shape index (κ1) is 15.1. The quantitative estimate of drug-likeness (QED) is 0.838. The molecule has 0 aliphatic heterocycles. The first-order valence-electron chi connectivity index (χ1n) is 7.34. The Kier molecular flexibility index (Phi) is 4.99. The van der Waals surface area contributed by atoms with Gasteiger partial charge in [0.15, 0.2) is 0 Å². The molecular formula is C17H20FNS2. The molecule has 21 heavy (non-hydrogen) atoms. The van der Waals surface area contributed by atoms with Crippen LogP contribution in [0.1, 0.15) is 24.8 Å². The van der Waals surface area contributed by atoms with Crippen LogP contribution in [0.25, 0.3) is 10.4 Å². The summed E-state index contributed by atoms with van der Waals surface area (Å²) in [5.74, 6) is -0.135. The third-order valence-electron chi connectivity index (χ3n) is 4.13. The molecule has 1 aliphatic carbocycles. The molecule has 0 amide bonds. The van der Waals surface area contributed by atoms with Crippen molar-refractivity contribution in [3.8, 4) is 10.4 Å². The van der Waals surface area contributed by atoms with E-state index in [0.29, 0.717) is 6.04 Å². The molecule has 0 radical (unpaired) electrons. The molecule has 2 aromatic rings. The molecule has 1 heterocycles. The second kappa shape index (κ2) is 6.95. The van der Waals surface area contributed by atoms with E-state index in [-0.39, 0.29) is 5.82 Å². The highest BCUT2D eigenvalue weighted by Crippen LogP contribution is 2.30. The van der Waals surface area contributed by atoms with Crippen molar-refractivity contribution in [3.05, 3.63) is 47.1 Å². The molecule has 0 spiro atoms. The Hall–Kier alpha value is -0.840. The zero-order valence-electron chi connectivity index (χ0n) is 12.1. The highest BCUT2D eigenvalue weighted by Gasteiger charge is 2.23. The van der Waals surface area contributed by atoms with Crippen molar-refractivity contribution in [1.29, 1.82) is 0 Å². The summed E-state index contributed by atoms with van der Waals surface area (Å²) in [5, 5.41) is 6.41. The lowest BCUT2D eigenvalue weighted by Crippen LogP contribution is -2.26. The molecule has 1 saturated carbocycles. The van der Waals surface area contributed by atoms with Crippen LogP contribution in [0.2, 0.25) is 0 Å². The molecule has 4 heteroatoms. The Labute approximate surface area is 134 Å². The van der Waals surface area contributed by atoms with Crippen LogP contribution in [0.3, 0.4) is 0 Å². The van der Waals surface area contributed by atoms with Crippen LogP contribution >= 0.6 is 23.1 Å². The van der Waals surface area contributed by atoms with E-state index in [1.807, 2.05) is 41.4 Å². The van der Waals surface area contributed by atoms with Gasteiger partial charge in [0.1, 0.15) is 5.82 Å². The van der Waals surface area contributed by atoms with Crippen LogP contribution in [0.4, 0.5) is 4.39 Å². The molecule has 1 aliphatic rings. The van der Waals surface area contributed by atoms with Crippen LogP contribution in [0.15, 0.2) is 35.7 Å². The fourth-order valence-electron chi connectivity index (χ4n) is 2.90. The standard InChI is InChI=1S/C17H20FNS2/c1-20-14-6-5-13(10-14)19-11-12-4-7-16(18)15(9-12)17-3-2-8-21-17/h2-4,7-9,13-14,19H,5-6,10-11H2,1H3. The Morgan fingerprint density at radius 2 is 2.24 bits per heavy atom. The molecule has 0 saturated heterocycles. The van der Waals surface area contributed by atoms with Gasteiger partial charge in [-0.05, 0) is 54.7 Å². The van der Waals surface area contributed by atoms with E-state index in [2.05, 4.69) is 11.6 Å². The van der Waals surface area contributed by atoms with E-state index in [9.17, 15) is 4.39 Å². The second-order valence-corrected chi connectivity index (χ2v) is 7.63. The summed E-state index contributed by atoms with van der Waals surface area (Å²) < 4.78 is 14.0. The normalized spacial score (nSPS) is 21.8. The summed E-state index contributed by atoms with van der Waals surface area (Å²) in [7, 11) is 0. The minimum Gasteiger partial charge on any atom is -0.310 e. The number of hydrogen-bond donors (Lipinski definition) is 1. The minimum absolute atomic E-state index is 0.135. The highest BCUT2D eigenvalue weighted by atomic mass is 32.2. The van der Waals surface area contributed by atoms with Crippen molar-refractivity contribution < 1.29 is 4.39 Å². The fourth-order valence-corrected chi connectivity index (χ4v) is 4.45. The van der Waals surface area contributed by atoms with E-state index in [4.69, 9.17) is 0 Å². The van der Waals surface area contributed by atoms with E-state index in [1.54, 1.807) is 17.4 Å². The lowest BCUT2D eigenvalue weighted by Gasteiger charge is -2.13. The van der Waals surface area contributed by atoms with Crippen LogP contribution in [-0.4, -0.2) is 17.5 Å². The Morgan fingerprint density at radius 3 is 2.95 bits per heavy atom. The Bertz CT molecular complexity index is 582. The number of thiophene rings is 1. The van der Waals surface area contributed by atoms with Crippen molar-refractivity contribution in [2.75, 3.05) is 6.26 Å². The fraction of sp³-hybridized carbons (Fsp3) is 0.412. The first-order chi connectivity index (χ1) is 10.3. The van der Waals surface area contributed by atoms with E-state index in [0.717, 1.165) is 27.8 Å². The maximum absolute atomic E-state index is 14.0. The van der Waals surface area contributed by atoms with Gasteiger partial charge in [-0.25, -0.2) is 4.39 Å². The van der Waals surface area contributed by atoms with Crippen LogP contribution < -0.4 is 5.32 Å². The van der Waals surface area contributed by atoms with Gasteiger partial charge in [-0.2, -0.15) is 11.8 Å². The molecule has 2 atom stereocenters. The molecule has 1 aromatic heterocycles. The maximum Gasteiger partial charge on any atom is 0.131 e. The second-order valence-electron chi connectivity index (χ2n) is 5.54. The number of hydrogen-bond acceptors (Lipinski definition) is 3. The number of rotatable bonds is 5. The SMILES string of the molecule is CSC1CCC(NCc2ccc(F)c(-c3cccs3)c2)C1. The number of nitrogens with one attached hydrogen (secondary N) is 1. The molecule has 1 fully saturated rings. The molecule has 1 N–H and O–H groups in total. The van der Waals surface area contributed by atoms with Gasteiger partial charge in [0, 0.05) is 28.3 Å². The predicted molar refractivity (Wildman–Crippen MR) is 91.5 cm³/mol. The van der Waals surface area contributed by atoms with Crippen molar-refractivity contribution in [3.63, 3.8) is 0 Å². The molecule has 112 valence electrons. The summed E-state index contributed by atoms with van der Waals surface area (Å²) in [6, 6.07) is 10.0. The number of halogens is 1. The largest absolute Gasteiger partial charge is 0.310 e. The van der Waals surface area contributed by atoms with Crippen LogP contribution in [-0.2, 0) is 6.54 Å². The van der Waals surface area contributed by atoms with Crippen LogP contribution in [0, 0.1) is 5.82 Å². The van der Waals surface area contributed by atoms with E-state index >= 15 is 0 Å². The summed E-state index contributed by atoms with van der Waals surface area (Å²) in [4.78, 5) is 0.998. The average Bonchev–Trinajstić information content (AvgIpc) is 3.18. The zero-order chi connectivity index (χ0) is 14.7. The average molecular weight is 321 g/mol. The summed E-state index contributed by atoms with van der Waals surface area (Å²) in [5.41, 5.74) is 1.88. The number of benzene rings is 1. The lowest BCUT2D eigenvalue weighted by atomic mass is 10.1. The van der Waals surface area contributed by atoms with Gasteiger partial charge in [-0.15, -0.1) is 11.3 Å². The molecular weight excluding hydrogens is 301 g/mol. The molecule has 1 nitrogen and oxygen atoms in total. The van der Waals surface area contributed by atoms with E-state index in [1.165, 1.54) is 19.3 Å². The highest BCUT2D eigenvalue weighted by molar-refractivity contribution is 7.99. The summed E-state index contributed by atoms with van der Waals surface area (Å²) in [6.45, 7) is 0.824. The maximum atomic E-state index is 14.0. The molecule has 0 bridgehead atoms. The molecule has 1 aromatic carbocycles. The first-order valence-corrected chi connectivity index (χ1v) is 9.51. The van der Waals surface area contributed by atoms with Gasteiger partial charge in [-0.3, -0.25) is 0 Å². The topological polar surface area (TPSA) is 12.0 Å². The molecule has 2 unspecified atom stereocenters. The Balaban J connectivity index is 1.65. The van der Waals surface area contributed by atoms with Gasteiger partial charge in [0.2, 0.25) is 0 Å². The van der Waals surface area contributed by atoms with Gasteiger partial charge >= 0.3 is 0 Å². The summed E-state index contributed by atoms with van der Waals surface area (Å²) in [6.07, 6.45) is 6.01. The van der Waals surface area contributed by atoms with Crippen molar-refractivity contribution >= 4 is 23.1 Å². The molecule has 3 rings (SSSR count). The van der Waals surface area contributed by atoms with Gasteiger partial charge in [0.25, 0.3) is 0 Å². The van der Waals surface area contributed by atoms with E-state index < -0.39 is 0 Å². The minimum atomic E-state index is -0.135. The van der Waals surface area contributed by atoms with Gasteiger partial charge in [0.05, 0.1) is 0 Å². The van der Waals surface area contributed by atoms with Gasteiger partial charge < -0.3 is 5.32 Å². The van der Waals surface area contributed by atoms with Crippen molar-refractivity contribution in [1.82, 2.24) is 5.32 Å². The third kappa shape index (κ3) is 3.68. The van der Waals surface area contributed by atoms with Crippen molar-refractivity contribution in [2.24, 2.45) is 0 Å². The predicted octanol–water partition coefficient (Wildman–Crippen LogP) is 4.93.